The van der Waals surface area contributed by atoms with Crippen LogP contribution in [0.15, 0.2) is 35.9 Å². The van der Waals surface area contributed by atoms with E-state index in [0.717, 1.165) is 37.2 Å². The first-order valence-electron chi connectivity index (χ1n) is 14.7. The van der Waals surface area contributed by atoms with Crippen molar-refractivity contribution in [2.24, 2.45) is 40.4 Å². The Balaban J connectivity index is 1.26. The molecule has 4 aliphatic rings. The fourth-order valence-corrected chi connectivity index (χ4v) is 9.13. The predicted molar refractivity (Wildman–Crippen MR) is 146 cm³/mol. The van der Waals surface area contributed by atoms with Gasteiger partial charge >= 0.3 is 11.9 Å². The lowest BCUT2D eigenvalue weighted by molar-refractivity contribution is -0.141. The smallest absolute Gasteiger partial charge is 0.338 e. The number of hydrogen-bond acceptors (Lipinski definition) is 4. The highest BCUT2D eigenvalue weighted by atomic mass is 16.5. The Kier molecular flexibility index (Phi) is 7.33. The quantitative estimate of drug-likeness (QED) is 0.293. The van der Waals surface area contributed by atoms with E-state index < -0.39 is 0 Å². The fourth-order valence-electron chi connectivity index (χ4n) is 9.13. The summed E-state index contributed by atoms with van der Waals surface area (Å²) in [6, 6.07) is 7.72. The third-order valence-corrected chi connectivity index (χ3v) is 11.3. The molecule has 0 spiro atoms. The van der Waals surface area contributed by atoms with E-state index in [1.54, 1.807) is 5.57 Å². The second kappa shape index (κ2) is 10.2. The monoisotopic (exact) mass is 506 g/mol. The van der Waals surface area contributed by atoms with Crippen LogP contribution in [0, 0.1) is 47.3 Å². The minimum absolute atomic E-state index is 0.0319. The summed E-state index contributed by atoms with van der Waals surface area (Å²) >= 11 is 0. The summed E-state index contributed by atoms with van der Waals surface area (Å²) in [6.07, 6.45) is 13.5. The molecule has 202 valence electrons. The number of allylic oxidation sites excluding steroid dienone is 2. The number of aryl methyl sites for hydroxylation is 1. The van der Waals surface area contributed by atoms with Gasteiger partial charge < -0.3 is 9.47 Å². The summed E-state index contributed by atoms with van der Waals surface area (Å²) in [4.78, 5) is 24.5. The standard InChI is InChI=1S/C33H46O4/c1-21-6-9-23(10-7-21)31(35)37-25-16-18-32(3)24(20-25)11-12-26-28-14-13-27(22(2)8-15-30(34)36-5)33(28,4)19-17-29(26)32/h6-7,9-10,17,22,24-28H,8,11-16,18-20H2,1-5H3/t22-,24+,25+,26-,27?,28-,32-,33+/m0/s1. The molecule has 1 aromatic carbocycles. The van der Waals surface area contributed by atoms with Crippen LogP contribution >= 0.6 is 0 Å². The number of esters is 2. The molecular formula is C33H46O4. The van der Waals surface area contributed by atoms with Crippen molar-refractivity contribution in [1.82, 2.24) is 0 Å². The van der Waals surface area contributed by atoms with Crippen molar-refractivity contribution in [3.63, 3.8) is 0 Å². The molecule has 0 aromatic heterocycles. The number of methoxy groups -OCH3 is 1. The highest BCUT2D eigenvalue weighted by molar-refractivity contribution is 5.89. The maximum Gasteiger partial charge on any atom is 0.338 e. The van der Waals surface area contributed by atoms with Crippen LogP contribution in [0.4, 0.5) is 0 Å². The lowest BCUT2D eigenvalue weighted by Gasteiger charge is -2.57. The molecule has 5 rings (SSSR count). The number of hydrogen-bond donors (Lipinski definition) is 0. The predicted octanol–water partition coefficient (Wildman–Crippen LogP) is 7.69. The molecule has 3 saturated carbocycles. The van der Waals surface area contributed by atoms with Crippen molar-refractivity contribution >= 4 is 11.9 Å². The molecule has 8 atom stereocenters. The average molecular weight is 507 g/mol. The Morgan fingerprint density at radius 2 is 1.81 bits per heavy atom. The van der Waals surface area contributed by atoms with Gasteiger partial charge in [-0.2, -0.15) is 0 Å². The Hall–Kier alpha value is -2.10. The lowest BCUT2D eigenvalue weighted by atomic mass is 9.48. The summed E-state index contributed by atoms with van der Waals surface area (Å²) in [7, 11) is 1.49. The first-order valence-corrected chi connectivity index (χ1v) is 14.7. The van der Waals surface area contributed by atoms with Crippen LogP contribution in [0.3, 0.4) is 0 Å². The van der Waals surface area contributed by atoms with Gasteiger partial charge in [-0.15, -0.1) is 0 Å². The van der Waals surface area contributed by atoms with Gasteiger partial charge in [0.25, 0.3) is 0 Å². The minimum atomic E-state index is -0.173. The van der Waals surface area contributed by atoms with Gasteiger partial charge in [0, 0.05) is 6.42 Å². The van der Waals surface area contributed by atoms with E-state index in [9.17, 15) is 9.59 Å². The first kappa shape index (κ1) is 26.5. The van der Waals surface area contributed by atoms with E-state index in [1.807, 2.05) is 31.2 Å². The summed E-state index contributed by atoms with van der Waals surface area (Å²) < 4.78 is 10.9. The summed E-state index contributed by atoms with van der Waals surface area (Å²) in [5, 5.41) is 0. The van der Waals surface area contributed by atoms with E-state index in [2.05, 4.69) is 26.8 Å². The molecule has 0 radical (unpaired) electrons. The molecule has 0 amide bonds. The Labute approximate surface area is 223 Å². The van der Waals surface area contributed by atoms with Gasteiger partial charge in [0.2, 0.25) is 0 Å². The molecule has 0 heterocycles. The van der Waals surface area contributed by atoms with Gasteiger partial charge in [-0.05, 0) is 117 Å². The molecule has 4 nitrogen and oxygen atoms in total. The van der Waals surface area contributed by atoms with E-state index in [0.29, 0.717) is 41.1 Å². The largest absolute Gasteiger partial charge is 0.469 e. The van der Waals surface area contributed by atoms with Crippen LogP contribution in [0.25, 0.3) is 0 Å². The van der Waals surface area contributed by atoms with Crippen molar-refractivity contribution < 1.29 is 19.1 Å². The zero-order chi connectivity index (χ0) is 26.4. The molecule has 0 aliphatic heterocycles. The van der Waals surface area contributed by atoms with Crippen LogP contribution in [0.1, 0.15) is 101 Å². The van der Waals surface area contributed by atoms with E-state index in [1.165, 1.54) is 39.2 Å². The molecule has 0 N–H and O–H groups in total. The maximum absolute atomic E-state index is 12.8. The van der Waals surface area contributed by atoms with Crippen molar-refractivity contribution in [3.8, 4) is 0 Å². The molecule has 3 fully saturated rings. The highest BCUT2D eigenvalue weighted by Gasteiger charge is 2.57. The Morgan fingerprint density at radius 3 is 2.54 bits per heavy atom. The van der Waals surface area contributed by atoms with Gasteiger partial charge in [-0.25, -0.2) is 4.79 Å². The van der Waals surface area contributed by atoms with Gasteiger partial charge in [0.1, 0.15) is 6.10 Å². The number of rotatable bonds is 6. The fraction of sp³-hybridized carbons (Fsp3) is 0.697. The van der Waals surface area contributed by atoms with Gasteiger partial charge in [-0.1, -0.05) is 50.1 Å². The van der Waals surface area contributed by atoms with Crippen LogP contribution in [0.5, 0.6) is 0 Å². The summed E-state index contributed by atoms with van der Waals surface area (Å²) in [6.45, 7) is 9.46. The van der Waals surface area contributed by atoms with Crippen molar-refractivity contribution in [1.29, 1.82) is 0 Å². The highest BCUT2D eigenvalue weighted by Crippen LogP contribution is 2.66. The molecule has 0 bridgehead atoms. The van der Waals surface area contributed by atoms with Crippen LogP contribution < -0.4 is 0 Å². The molecule has 4 aliphatic carbocycles. The van der Waals surface area contributed by atoms with Gasteiger partial charge in [0.15, 0.2) is 0 Å². The number of ether oxygens (including phenoxy) is 2. The SMILES string of the molecule is COC(=O)CC[C@H](C)C1CC[C@H]2[C@@H]3CC[C@@H]4C[C@H](OC(=O)c5ccc(C)cc5)CC[C@]4(C)C3=CC[C@]12C. The number of carbonyl (C=O) groups is 2. The zero-order valence-electron chi connectivity index (χ0n) is 23.6. The van der Waals surface area contributed by atoms with Crippen LogP contribution in [-0.4, -0.2) is 25.2 Å². The minimum Gasteiger partial charge on any atom is -0.469 e. The Bertz CT molecular complexity index is 1040. The van der Waals surface area contributed by atoms with Gasteiger partial charge in [-0.3, -0.25) is 4.79 Å². The van der Waals surface area contributed by atoms with Crippen LogP contribution in [-0.2, 0) is 14.3 Å². The lowest BCUT2D eigenvalue weighted by Crippen LogP contribution is -2.49. The Morgan fingerprint density at radius 1 is 1.05 bits per heavy atom. The summed E-state index contributed by atoms with van der Waals surface area (Å²) in [5.74, 6) is 3.03. The topological polar surface area (TPSA) is 52.6 Å². The normalized spacial score (nSPS) is 37.4. The summed E-state index contributed by atoms with van der Waals surface area (Å²) in [5.41, 5.74) is 4.13. The van der Waals surface area contributed by atoms with E-state index >= 15 is 0 Å². The maximum atomic E-state index is 12.8. The van der Waals surface area contributed by atoms with E-state index in [4.69, 9.17) is 9.47 Å². The van der Waals surface area contributed by atoms with E-state index in [-0.39, 0.29) is 23.5 Å². The molecule has 0 saturated heterocycles. The average Bonchev–Trinajstić information content (AvgIpc) is 3.25. The number of carbonyl (C=O) groups excluding carboxylic acids is 2. The van der Waals surface area contributed by atoms with Crippen molar-refractivity contribution in [2.75, 3.05) is 7.11 Å². The number of fused-ring (bicyclic) bond motifs is 5. The second-order valence-corrected chi connectivity index (χ2v) is 13.2. The third-order valence-electron chi connectivity index (χ3n) is 11.3. The molecule has 1 unspecified atom stereocenters. The van der Waals surface area contributed by atoms with Crippen molar-refractivity contribution in [2.45, 2.75) is 98.0 Å². The second-order valence-electron chi connectivity index (χ2n) is 13.2. The molecular weight excluding hydrogens is 460 g/mol. The van der Waals surface area contributed by atoms with Crippen LogP contribution in [0.2, 0.25) is 0 Å². The molecule has 1 aromatic rings. The first-order chi connectivity index (χ1) is 17.7. The number of benzene rings is 1. The molecule has 37 heavy (non-hydrogen) atoms. The third kappa shape index (κ3) is 4.79. The molecule has 4 heteroatoms. The van der Waals surface area contributed by atoms with Gasteiger partial charge in [0.05, 0.1) is 12.7 Å². The zero-order valence-corrected chi connectivity index (χ0v) is 23.6. The van der Waals surface area contributed by atoms with Crippen molar-refractivity contribution in [3.05, 3.63) is 47.0 Å².